The van der Waals surface area contributed by atoms with Crippen LogP contribution in [0.5, 0.6) is 0 Å². The van der Waals surface area contributed by atoms with E-state index < -0.39 is 5.92 Å². The maximum Gasteiger partial charge on any atom is 0.239 e. The molecule has 0 saturated carbocycles. The molecule has 1 unspecified atom stereocenters. The molecule has 0 aromatic heterocycles. The molecule has 0 fully saturated rings. The summed E-state index contributed by atoms with van der Waals surface area (Å²) in [5.41, 5.74) is 0. The Morgan fingerprint density at radius 1 is 1.54 bits per heavy atom. The van der Waals surface area contributed by atoms with Crippen LogP contribution in [0.2, 0.25) is 0 Å². The second kappa shape index (κ2) is 5.45. The van der Waals surface area contributed by atoms with Crippen molar-refractivity contribution in [2.45, 2.75) is 20.8 Å². The second-order valence-electron chi connectivity index (χ2n) is 2.53. The fourth-order valence-corrected chi connectivity index (χ4v) is 0.924. The summed E-state index contributed by atoms with van der Waals surface area (Å²) in [5, 5.41) is 0. The molecule has 1 aliphatic rings. The SMILES string of the molecule is CC.CC1=NCC(C=O)C(=O)N1C. The van der Waals surface area contributed by atoms with E-state index in [1.807, 2.05) is 13.8 Å². The Balaban J connectivity index is 0.000000671. The van der Waals surface area contributed by atoms with Gasteiger partial charge in [-0.15, -0.1) is 0 Å². The zero-order valence-electron chi connectivity index (χ0n) is 8.57. The Morgan fingerprint density at radius 2 is 2.08 bits per heavy atom. The molecular formula is C9H16N2O2. The van der Waals surface area contributed by atoms with Crippen molar-refractivity contribution in [3.63, 3.8) is 0 Å². The number of amides is 1. The van der Waals surface area contributed by atoms with Gasteiger partial charge in [0.05, 0.1) is 6.54 Å². The summed E-state index contributed by atoms with van der Waals surface area (Å²) in [4.78, 5) is 26.9. The first-order valence-electron chi connectivity index (χ1n) is 4.40. The predicted octanol–water partition coefficient (Wildman–Crippen LogP) is 0.718. The molecule has 0 aromatic carbocycles. The van der Waals surface area contributed by atoms with Crippen LogP contribution in [0.3, 0.4) is 0 Å². The molecule has 0 aliphatic carbocycles. The fourth-order valence-electron chi connectivity index (χ4n) is 0.924. The lowest BCUT2D eigenvalue weighted by Gasteiger charge is -2.24. The summed E-state index contributed by atoms with van der Waals surface area (Å²) >= 11 is 0. The zero-order chi connectivity index (χ0) is 10.4. The van der Waals surface area contributed by atoms with Crippen molar-refractivity contribution in [3.05, 3.63) is 0 Å². The third-order valence-electron chi connectivity index (χ3n) is 1.81. The number of aliphatic imine (C=N–C) groups is 1. The van der Waals surface area contributed by atoms with E-state index in [9.17, 15) is 9.59 Å². The second-order valence-corrected chi connectivity index (χ2v) is 2.53. The lowest BCUT2D eigenvalue weighted by atomic mass is 10.1. The topological polar surface area (TPSA) is 49.7 Å². The number of amidine groups is 1. The first-order valence-corrected chi connectivity index (χ1v) is 4.40. The van der Waals surface area contributed by atoms with Crippen molar-refractivity contribution in [2.75, 3.05) is 13.6 Å². The highest BCUT2D eigenvalue weighted by atomic mass is 16.2. The van der Waals surface area contributed by atoms with Crippen LogP contribution >= 0.6 is 0 Å². The molecule has 1 heterocycles. The third-order valence-corrected chi connectivity index (χ3v) is 1.81. The first kappa shape index (κ1) is 11.8. The Hall–Kier alpha value is -1.19. The third kappa shape index (κ3) is 2.65. The molecule has 0 bridgehead atoms. The van der Waals surface area contributed by atoms with Gasteiger partial charge in [-0.25, -0.2) is 0 Å². The number of aldehydes is 1. The minimum Gasteiger partial charge on any atom is -0.303 e. The van der Waals surface area contributed by atoms with E-state index in [0.29, 0.717) is 18.7 Å². The van der Waals surface area contributed by atoms with Crippen molar-refractivity contribution < 1.29 is 9.59 Å². The smallest absolute Gasteiger partial charge is 0.239 e. The molecule has 0 aromatic rings. The molecule has 1 atom stereocenters. The number of nitrogens with zero attached hydrogens (tertiary/aromatic N) is 2. The van der Waals surface area contributed by atoms with E-state index in [1.165, 1.54) is 4.90 Å². The lowest BCUT2D eigenvalue weighted by molar-refractivity contribution is -0.133. The molecule has 0 N–H and O–H groups in total. The summed E-state index contributed by atoms with van der Waals surface area (Å²) in [6.45, 7) is 6.05. The minimum absolute atomic E-state index is 0.160. The molecule has 0 spiro atoms. The summed E-state index contributed by atoms with van der Waals surface area (Å²) in [6.07, 6.45) is 0.648. The summed E-state index contributed by atoms with van der Waals surface area (Å²) in [6, 6.07) is 0. The van der Waals surface area contributed by atoms with Crippen molar-refractivity contribution in [1.82, 2.24) is 4.90 Å². The van der Waals surface area contributed by atoms with E-state index in [1.54, 1.807) is 14.0 Å². The van der Waals surface area contributed by atoms with Crippen molar-refractivity contribution >= 4 is 18.0 Å². The molecule has 0 saturated heterocycles. The van der Waals surface area contributed by atoms with E-state index in [-0.39, 0.29) is 5.91 Å². The number of rotatable bonds is 1. The van der Waals surface area contributed by atoms with Gasteiger partial charge >= 0.3 is 0 Å². The Kier molecular flexibility index (Phi) is 4.96. The van der Waals surface area contributed by atoms with Crippen molar-refractivity contribution in [2.24, 2.45) is 10.9 Å². The van der Waals surface area contributed by atoms with Crippen molar-refractivity contribution in [1.29, 1.82) is 0 Å². The highest BCUT2D eigenvalue weighted by Gasteiger charge is 2.26. The average molecular weight is 184 g/mol. The lowest BCUT2D eigenvalue weighted by Crippen LogP contribution is -2.42. The summed E-state index contributed by atoms with van der Waals surface area (Å²) in [5.74, 6) is -0.0516. The van der Waals surface area contributed by atoms with Crippen LogP contribution in [0.1, 0.15) is 20.8 Å². The number of hydrogen-bond donors (Lipinski definition) is 0. The van der Waals surface area contributed by atoms with Crippen LogP contribution in [0.25, 0.3) is 0 Å². The monoisotopic (exact) mass is 184 g/mol. The van der Waals surface area contributed by atoms with Gasteiger partial charge < -0.3 is 9.69 Å². The van der Waals surface area contributed by atoms with Gasteiger partial charge in [0.25, 0.3) is 0 Å². The molecule has 0 radical (unpaired) electrons. The van der Waals surface area contributed by atoms with Gasteiger partial charge in [0.2, 0.25) is 5.91 Å². The van der Waals surface area contributed by atoms with Crippen LogP contribution in [0.4, 0.5) is 0 Å². The van der Waals surface area contributed by atoms with E-state index in [4.69, 9.17) is 0 Å². The molecular weight excluding hydrogens is 168 g/mol. The standard InChI is InChI=1S/C7H10N2O2.C2H6/c1-5-8-3-6(4-10)7(11)9(5)2;1-2/h4,6H,3H2,1-2H3;1-2H3. The number of carbonyl (C=O) groups excluding carboxylic acids is 2. The van der Waals surface area contributed by atoms with E-state index >= 15 is 0 Å². The van der Waals surface area contributed by atoms with Crippen LogP contribution in [0.15, 0.2) is 4.99 Å². The number of carbonyl (C=O) groups is 2. The highest BCUT2D eigenvalue weighted by molar-refractivity contribution is 6.04. The fraction of sp³-hybridized carbons (Fsp3) is 0.667. The van der Waals surface area contributed by atoms with E-state index in [2.05, 4.69) is 4.99 Å². The van der Waals surface area contributed by atoms with Gasteiger partial charge in [-0.05, 0) is 6.92 Å². The molecule has 4 nitrogen and oxygen atoms in total. The molecule has 1 amide bonds. The first-order chi connectivity index (χ1) is 6.16. The molecule has 4 heteroatoms. The van der Waals surface area contributed by atoms with Crippen LogP contribution < -0.4 is 0 Å². The maximum absolute atomic E-state index is 11.2. The Morgan fingerprint density at radius 3 is 2.54 bits per heavy atom. The van der Waals surface area contributed by atoms with Crippen LogP contribution in [-0.4, -0.2) is 36.5 Å². The van der Waals surface area contributed by atoms with Gasteiger partial charge in [0.15, 0.2) is 0 Å². The molecule has 13 heavy (non-hydrogen) atoms. The molecule has 1 rings (SSSR count). The zero-order valence-corrected chi connectivity index (χ0v) is 8.57. The maximum atomic E-state index is 11.2. The quantitative estimate of drug-likeness (QED) is 0.445. The summed E-state index contributed by atoms with van der Waals surface area (Å²) < 4.78 is 0. The summed E-state index contributed by atoms with van der Waals surface area (Å²) in [7, 11) is 1.62. The van der Waals surface area contributed by atoms with Gasteiger partial charge in [0.1, 0.15) is 18.0 Å². The van der Waals surface area contributed by atoms with E-state index in [0.717, 1.165) is 0 Å². The van der Waals surface area contributed by atoms with Gasteiger partial charge in [0, 0.05) is 7.05 Å². The average Bonchev–Trinajstić information content (AvgIpc) is 2.18. The highest BCUT2D eigenvalue weighted by Crippen LogP contribution is 2.06. The normalized spacial score (nSPS) is 21.5. The Bertz CT molecular complexity index is 220. The largest absolute Gasteiger partial charge is 0.303 e. The minimum atomic E-state index is -0.566. The van der Waals surface area contributed by atoms with Gasteiger partial charge in [-0.1, -0.05) is 13.8 Å². The molecule has 1 aliphatic heterocycles. The number of hydrogen-bond acceptors (Lipinski definition) is 3. The molecule has 74 valence electrons. The van der Waals surface area contributed by atoms with Crippen LogP contribution in [-0.2, 0) is 9.59 Å². The predicted molar refractivity (Wildman–Crippen MR) is 51.6 cm³/mol. The Labute approximate surface area is 78.6 Å². The van der Waals surface area contributed by atoms with Crippen molar-refractivity contribution in [3.8, 4) is 0 Å². The van der Waals surface area contributed by atoms with Gasteiger partial charge in [-0.3, -0.25) is 9.79 Å². The van der Waals surface area contributed by atoms with Gasteiger partial charge in [-0.2, -0.15) is 0 Å². The van der Waals surface area contributed by atoms with Crippen LogP contribution in [0, 0.1) is 5.92 Å².